The molecule has 0 bridgehead atoms. The number of benzene rings is 1. The number of carbonyl (C=O) groups excluding carboxylic acids is 1. The summed E-state index contributed by atoms with van der Waals surface area (Å²) in [6, 6.07) is 7.66. The Kier molecular flexibility index (Phi) is 5.38. The first-order chi connectivity index (χ1) is 13.1. The Morgan fingerprint density at radius 2 is 2.00 bits per heavy atom. The van der Waals surface area contributed by atoms with Crippen LogP contribution in [0.25, 0.3) is 0 Å². The summed E-state index contributed by atoms with van der Waals surface area (Å²) in [5.74, 6) is -0.405. The summed E-state index contributed by atoms with van der Waals surface area (Å²) in [4.78, 5) is 21.4. The highest BCUT2D eigenvalue weighted by molar-refractivity contribution is 7.80. The molecule has 1 fully saturated rings. The standard InChI is InChI=1S/C20H20ClN3O2S/c21-17-4-2-1-3-14(17)7-8-24-19(25)16-13-15(23-9-11-26-12-10-23)5-6-18(16)22-20(24)27/h1-6,13,16H,7-12H2. The number of amides is 1. The van der Waals surface area contributed by atoms with Crippen LogP contribution in [0.5, 0.6) is 0 Å². The molecule has 140 valence electrons. The van der Waals surface area contributed by atoms with E-state index in [0.717, 1.165) is 30.1 Å². The van der Waals surface area contributed by atoms with Gasteiger partial charge in [0.2, 0.25) is 11.0 Å². The van der Waals surface area contributed by atoms with Crippen molar-refractivity contribution in [3.63, 3.8) is 0 Å². The smallest absolute Gasteiger partial charge is 0.241 e. The number of allylic oxidation sites excluding steroid dienone is 2. The molecule has 2 aliphatic heterocycles. The molecule has 27 heavy (non-hydrogen) atoms. The van der Waals surface area contributed by atoms with Crippen LogP contribution in [0.4, 0.5) is 0 Å². The topological polar surface area (TPSA) is 45.1 Å². The largest absolute Gasteiger partial charge is 0.378 e. The predicted molar refractivity (Wildman–Crippen MR) is 110 cm³/mol. The van der Waals surface area contributed by atoms with Crippen LogP contribution in [0.3, 0.4) is 0 Å². The fourth-order valence-corrected chi connectivity index (χ4v) is 4.01. The summed E-state index contributed by atoms with van der Waals surface area (Å²) in [6.45, 7) is 3.55. The van der Waals surface area contributed by atoms with E-state index in [0.29, 0.717) is 36.3 Å². The molecular formula is C20H20ClN3O2S. The number of nitrogens with zero attached hydrogens (tertiary/aromatic N) is 3. The summed E-state index contributed by atoms with van der Waals surface area (Å²) < 4.78 is 5.41. The number of rotatable bonds is 4. The minimum Gasteiger partial charge on any atom is -0.378 e. The molecular weight excluding hydrogens is 382 g/mol. The average molecular weight is 402 g/mol. The van der Waals surface area contributed by atoms with Crippen molar-refractivity contribution in [3.8, 4) is 0 Å². The van der Waals surface area contributed by atoms with Crippen LogP contribution in [-0.4, -0.2) is 59.4 Å². The number of carbonyl (C=O) groups is 1. The van der Waals surface area contributed by atoms with Crippen molar-refractivity contribution >= 4 is 40.6 Å². The molecule has 0 saturated carbocycles. The lowest BCUT2D eigenvalue weighted by molar-refractivity contribution is -0.128. The van der Waals surface area contributed by atoms with Crippen LogP contribution in [0.2, 0.25) is 5.02 Å². The molecule has 0 spiro atoms. The maximum absolute atomic E-state index is 13.1. The van der Waals surface area contributed by atoms with Gasteiger partial charge in [-0.25, -0.2) is 4.99 Å². The quantitative estimate of drug-likeness (QED) is 0.728. The molecule has 1 amide bonds. The Balaban J connectivity index is 1.51. The van der Waals surface area contributed by atoms with E-state index in [-0.39, 0.29) is 11.8 Å². The Labute approximate surface area is 168 Å². The maximum Gasteiger partial charge on any atom is 0.241 e. The molecule has 1 aromatic rings. The maximum atomic E-state index is 13.1. The van der Waals surface area contributed by atoms with Crippen molar-refractivity contribution < 1.29 is 9.53 Å². The van der Waals surface area contributed by atoms with E-state index in [1.165, 1.54) is 0 Å². The molecule has 2 heterocycles. The minimum atomic E-state index is -0.384. The lowest BCUT2D eigenvalue weighted by atomic mass is 9.93. The van der Waals surface area contributed by atoms with Crippen molar-refractivity contribution in [3.05, 3.63) is 58.8 Å². The van der Waals surface area contributed by atoms with Gasteiger partial charge in [-0.05, 0) is 48.5 Å². The molecule has 1 atom stereocenters. The number of ether oxygens (including phenoxy) is 1. The normalized spacial score (nSPS) is 22.5. The number of hydrogen-bond donors (Lipinski definition) is 0. The summed E-state index contributed by atoms with van der Waals surface area (Å²) in [6.07, 6.45) is 6.55. The van der Waals surface area contributed by atoms with E-state index in [9.17, 15) is 4.79 Å². The van der Waals surface area contributed by atoms with Gasteiger partial charge < -0.3 is 9.64 Å². The molecule has 3 aliphatic rings. The van der Waals surface area contributed by atoms with Crippen LogP contribution in [0.15, 0.2) is 53.2 Å². The molecule has 1 saturated heterocycles. The van der Waals surface area contributed by atoms with Gasteiger partial charge in [0.1, 0.15) is 5.92 Å². The molecule has 0 radical (unpaired) electrons. The Bertz CT molecular complexity index is 859. The minimum absolute atomic E-state index is 0.0211. The molecule has 0 N–H and O–H groups in total. The van der Waals surface area contributed by atoms with Crippen molar-refractivity contribution in [2.24, 2.45) is 10.9 Å². The zero-order valence-corrected chi connectivity index (χ0v) is 16.4. The zero-order chi connectivity index (χ0) is 18.8. The first-order valence-corrected chi connectivity index (χ1v) is 9.82. The summed E-state index contributed by atoms with van der Waals surface area (Å²) in [5.41, 5.74) is 2.77. The van der Waals surface area contributed by atoms with Gasteiger partial charge in [0.05, 0.1) is 18.9 Å². The Morgan fingerprint density at radius 1 is 1.22 bits per heavy atom. The summed E-state index contributed by atoms with van der Waals surface area (Å²) >= 11 is 11.6. The van der Waals surface area contributed by atoms with E-state index < -0.39 is 0 Å². The number of morpholine rings is 1. The Hall–Kier alpha value is -2.02. The number of hydrogen-bond acceptors (Lipinski definition) is 4. The first-order valence-electron chi connectivity index (χ1n) is 9.03. The van der Waals surface area contributed by atoms with Gasteiger partial charge in [-0.3, -0.25) is 9.69 Å². The third kappa shape index (κ3) is 3.83. The molecule has 1 aromatic carbocycles. The molecule has 1 unspecified atom stereocenters. The fourth-order valence-electron chi connectivity index (χ4n) is 3.50. The highest BCUT2D eigenvalue weighted by Crippen LogP contribution is 2.25. The third-order valence-corrected chi connectivity index (χ3v) is 5.69. The van der Waals surface area contributed by atoms with Crippen molar-refractivity contribution in [2.75, 3.05) is 32.8 Å². The SMILES string of the molecule is O=C1C2C=C(N3CCOCC3)C=CC2=NC(=S)N1CCc1ccccc1Cl. The van der Waals surface area contributed by atoms with Crippen molar-refractivity contribution in [2.45, 2.75) is 6.42 Å². The molecule has 1 aliphatic carbocycles. The predicted octanol–water partition coefficient (Wildman–Crippen LogP) is 2.85. The van der Waals surface area contributed by atoms with Gasteiger partial charge >= 0.3 is 0 Å². The van der Waals surface area contributed by atoms with Crippen LogP contribution in [0.1, 0.15) is 5.56 Å². The first kappa shape index (κ1) is 18.3. The number of aliphatic imine (C=N–C) groups is 1. The number of halogens is 1. The molecule has 5 nitrogen and oxygen atoms in total. The molecule has 4 rings (SSSR count). The highest BCUT2D eigenvalue weighted by atomic mass is 35.5. The van der Waals surface area contributed by atoms with Gasteiger partial charge in [0.25, 0.3) is 0 Å². The highest BCUT2D eigenvalue weighted by Gasteiger charge is 2.35. The molecule has 7 heteroatoms. The summed E-state index contributed by atoms with van der Waals surface area (Å²) in [5, 5.41) is 1.03. The lowest BCUT2D eigenvalue weighted by Crippen LogP contribution is -2.47. The van der Waals surface area contributed by atoms with Gasteiger partial charge in [-0.2, -0.15) is 0 Å². The summed E-state index contributed by atoms with van der Waals surface area (Å²) in [7, 11) is 0. The second-order valence-electron chi connectivity index (χ2n) is 6.65. The Morgan fingerprint density at radius 3 is 2.78 bits per heavy atom. The molecule has 0 aromatic heterocycles. The second-order valence-corrected chi connectivity index (χ2v) is 7.42. The van der Waals surface area contributed by atoms with E-state index in [1.807, 2.05) is 42.5 Å². The van der Waals surface area contributed by atoms with Gasteiger partial charge in [-0.1, -0.05) is 29.8 Å². The van der Waals surface area contributed by atoms with Crippen LogP contribution in [0, 0.1) is 5.92 Å². The van der Waals surface area contributed by atoms with Crippen LogP contribution in [-0.2, 0) is 16.0 Å². The van der Waals surface area contributed by atoms with E-state index >= 15 is 0 Å². The van der Waals surface area contributed by atoms with Crippen molar-refractivity contribution in [1.29, 1.82) is 0 Å². The van der Waals surface area contributed by atoms with Crippen LogP contribution < -0.4 is 0 Å². The second kappa shape index (κ2) is 7.92. The van der Waals surface area contributed by atoms with Gasteiger partial charge in [0, 0.05) is 30.4 Å². The average Bonchev–Trinajstić information content (AvgIpc) is 2.69. The van der Waals surface area contributed by atoms with Crippen molar-refractivity contribution in [1.82, 2.24) is 9.80 Å². The van der Waals surface area contributed by atoms with Gasteiger partial charge in [0.15, 0.2) is 0 Å². The van der Waals surface area contributed by atoms with Crippen LogP contribution >= 0.6 is 23.8 Å². The monoisotopic (exact) mass is 401 g/mol. The number of fused-ring (bicyclic) bond motifs is 1. The third-order valence-electron chi connectivity index (χ3n) is 5.01. The lowest BCUT2D eigenvalue weighted by Gasteiger charge is -2.35. The van der Waals surface area contributed by atoms with E-state index in [1.54, 1.807) is 4.90 Å². The van der Waals surface area contributed by atoms with E-state index in [2.05, 4.69) is 9.89 Å². The zero-order valence-electron chi connectivity index (χ0n) is 14.8. The number of thiocarbonyl (C=S) groups is 1. The van der Waals surface area contributed by atoms with E-state index in [4.69, 9.17) is 28.6 Å². The van der Waals surface area contributed by atoms with Gasteiger partial charge in [-0.15, -0.1) is 0 Å². The fraction of sp³-hybridized carbons (Fsp3) is 0.350.